The van der Waals surface area contributed by atoms with E-state index < -0.39 is 12.8 Å². The zero-order valence-electron chi connectivity index (χ0n) is 13.7. The minimum Gasteiger partial charge on any atom is -0.475 e. The van der Waals surface area contributed by atoms with Crippen molar-refractivity contribution in [3.05, 3.63) is 35.2 Å². The van der Waals surface area contributed by atoms with Crippen LogP contribution in [0.4, 0.5) is 13.2 Å². The van der Waals surface area contributed by atoms with Gasteiger partial charge in [0.15, 0.2) is 11.7 Å². The van der Waals surface area contributed by atoms with Crippen LogP contribution in [-0.2, 0) is 11.8 Å². The highest BCUT2D eigenvalue weighted by Gasteiger charge is 2.46. The molecular formula is C16H18F3N3O2S. The SMILES string of the molecule is C[C@@H](NC(=O)[C@H]1C[C@@H]1c1nccn1C)c1ccc(OCC(F)(F)F)s1. The summed E-state index contributed by atoms with van der Waals surface area (Å²) in [5.74, 6) is 0.851. The number of imidazole rings is 1. The average Bonchev–Trinajstić information content (AvgIpc) is 2.97. The third kappa shape index (κ3) is 4.33. The van der Waals surface area contributed by atoms with E-state index in [4.69, 9.17) is 4.74 Å². The number of hydrogen-bond donors (Lipinski definition) is 1. The maximum Gasteiger partial charge on any atom is 0.422 e. The largest absolute Gasteiger partial charge is 0.475 e. The zero-order chi connectivity index (χ0) is 18.2. The van der Waals surface area contributed by atoms with Crippen molar-refractivity contribution in [2.75, 3.05) is 6.61 Å². The Morgan fingerprint density at radius 3 is 2.92 bits per heavy atom. The normalized spacial score (nSPS) is 21.0. The summed E-state index contributed by atoms with van der Waals surface area (Å²) in [5.41, 5.74) is 0. The van der Waals surface area contributed by atoms with Crippen LogP contribution in [0.1, 0.15) is 36.0 Å². The molecule has 0 saturated heterocycles. The highest BCUT2D eigenvalue weighted by molar-refractivity contribution is 7.13. The first-order chi connectivity index (χ1) is 11.7. The van der Waals surface area contributed by atoms with E-state index in [0.29, 0.717) is 0 Å². The number of hydrogen-bond acceptors (Lipinski definition) is 4. The maximum absolute atomic E-state index is 12.3. The second kappa shape index (κ2) is 6.70. The van der Waals surface area contributed by atoms with Crippen molar-refractivity contribution in [1.82, 2.24) is 14.9 Å². The first-order valence-corrected chi connectivity index (χ1v) is 8.63. The van der Waals surface area contributed by atoms with Crippen molar-refractivity contribution in [1.29, 1.82) is 0 Å². The van der Waals surface area contributed by atoms with Gasteiger partial charge in [0.05, 0.1) is 6.04 Å². The van der Waals surface area contributed by atoms with Crippen LogP contribution in [0.2, 0.25) is 0 Å². The van der Waals surface area contributed by atoms with E-state index in [2.05, 4.69) is 10.3 Å². The molecule has 9 heteroatoms. The molecule has 0 unspecified atom stereocenters. The molecule has 1 fully saturated rings. The van der Waals surface area contributed by atoms with Crippen LogP contribution in [0, 0.1) is 5.92 Å². The van der Waals surface area contributed by atoms with Gasteiger partial charge < -0.3 is 14.6 Å². The Kier molecular flexibility index (Phi) is 4.77. The van der Waals surface area contributed by atoms with E-state index >= 15 is 0 Å². The second-order valence-electron chi connectivity index (χ2n) is 6.14. The van der Waals surface area contributed by atoms with Crippen LogP contribution in [0.25, 0.3) is 0 Å². The summed E-state index contributed by atoms with van der Waals surface area (Å²) in [6, 6.07) is 2.87. The predicted molar refractivity (Wildman–Crippen MR) is 86.5 cm³/mol. The monoisotopic (exact) mass is 373 g/mol. The molecule has 1 N–H and O–H groups in total. The molecule has 2 aromatic heterocycles. The fourth-order valence-electron chi connectivity index (χ4n) is 2.69. The lowest BCUT2D eigenvalue weighted by Gasteiger charge is -2.12. The zero-order valence-corrected chi connectivity index (χ0v) is 14.5. The van der Waals surface area contributed by atoms with Gasteiger partial charge in [-0.3, -0.25) is 4.79 Å². The van der Waals surface area contributed by atoms with E-state index in [1.165, 1.54) is 6.07 Å². The summed E-state index contributed by atoms with van der Waals surface area (Å²) < 4.78 is 43.1. The van der Waals surface area contributed by atoms with E-state index in [1.807, 2.05) is 17.8 Å². The molecule has 0 spiro atoms. The van der Waals surface area contributed by atoms with Crippen molar-refractivity contribution in [3.8, 4) is 5.06 Å². The number of rotatable bonds is 6. The van der Waals surface area contributed by atoms with Crippen molar-refractivity contribution < 1.29 is 22.7 Å². The fraction of sp³-hybridized carbons (Fsp3) is 0.500. The van der Waals surface area contributed by atoms with Gasteiger partial charge >= 0.3 is 6.18 Å². The molecule has 2 aromatic rings. The van der Waals surface area contributed by atoms with Crippen LogP contribution < -0.4 is 10.1 Å². The summed E-state index contributed by atoms with van der Waals surface area (Å²) in [6.45, 7) is 0.483. The Balaban J connectivity index is 1.53. The van der Waals surface area contributed by atoms with E-state index in [0.717, 1.165) is 28.5 Å². The van der Waals surface area contributed by atoms with Gasteiger partial charge in [0.25, 0.3) is 0 Å². The molecule has 0 radical (unpaired) electrons. The van der Waals surface area contributed by atoms with Crippen molar-refractivity contribution in [2.45, 2.75) is 31.5 Å². The standard InChI is InChI=1S/C16H18F3N3O2S/c1-9(12-3-4-13(25-12)24-8-16(17,18)19)21-15(23)11-7-10(11)14-20-5-6-22(14)2/h3-6,9-11H,7-8H2,1-2H3,(H,21,23)/t9-,10+,11+/m1/s1. The Labute approximate surface area is 146 Å². The minimum absolute atomic E-state index is 0.0633. The van der Waals surface area contributed by atoms with E-state index in [-0.39, 0.29) is 28.8 Å². The molecule has 0 aromatic carbocycles. The molecule has 1 amide bonds. The van der Waals surface area contributed by atoms with Crippen molar-refractivity contribution >= 4 is 17.2 Å². The lowest BCUT2D eigenvalue weighted by Crippen LogP contribution is -2.28. The summed E-state index contributed by atoms with van der Waals surface area (Å²) in [5, 5.41) is 3.10. The molecule has 3 rings (SSSR count). The molecule has 5 nitrogen and oxygen atoms in total. The van der Waals surface area contributed by atoms with Gasteiger partial charge in [-0.05, 0) is 25.5 Å². The van der Waals surface area contributed by atoms with Crippen molar-refractivity contribution in [2.24, 2.45) is 13.0 Å². The summed E-state index contributed by atoms with van der Waals surface area (Å²) in [7, 11) is 1.90. The number of alkyl halides is 3. The second-order valence-corrected chi connectivity index (χ2v) is 7.21. The molecule has 3 atom stereocenters. The average molecular weight is 373 g/mol. The lowest BCUT2D eigenvalue weighted by atomic mass is 10.2. The molecule has 25 heavy (non-hydrogen) atoms. The molecule has 1 aliphatic carbocycles. The molecule has 136 valence electrons. The van der Waals surface area contributed by atoms with Gasteiger partial charge in [-0.25, -0.2) is 4.98 Å². The first kappa shape index (κ1) is 17.8. The molecule has 0 aliphatic heterocycles. The van der Waals surface area contributed by atoms with Gasteiger partial charge in [-0.1, -0.05) is 0 Å². The topological polar surface area (TPSA) is 56.2 Å². The third-order valence-corrected chi connectivity index (χ3v) is 5.26. The number of halogens is 3. The minimum atomic E-state index is -4.37. The molecular weight excluding hydrogens is 355 g/mol. The quantitative estimate of drug-likeness (QED) is 0.844. The summed E-state index contributed by atoms with van der Waals surface area (Å²) in [6.07, 6.45) is -0.0531. The van der Waals surface area contributed by atoms with Crippen molar-refractivity contribution in [3.63, 3.8) is 0 Å². The van der Waals surface area contributed by atoms with Crippen LogP contribution in [-0.4, -0.2) is 28.2 Å². The fourth-order valence-corrected chi connectivity index (χ4v) is 3.55. The highest BCUT2D eigenvalue weighted by Crippen LogP contribution is 2.47. The molecule has 1 aliphatic rings. The number of nitrogens with one attached hydrogen (secondary N) is 1. The van der Waals surface area contributed by atoms with Crippen LogP contribution in [0.5, 0.6) is 5.06 Å². The predicted octanol–water partition coefficient (Wildman–Crippen LogP) is 3.40. The number of thiophene rings is 1. The molecule has 1 saturated carbocycles. The Hall–Kier alpha value is -2.03. The Morgan fingerprint density at radius 1 is 1.52 bits per heavy atom. The third-order valence-electron chi connectivity index (χ3n) is 4.08. The van der Waals surface area contributed by atoms with Gasteiger partial charge in [0.2, 0.25) is 5.91 Å². The maximum atomic E-state index is 12.3. The summed E-state index contributed by atoms with van der Waals surface area (Å²) >= 11 is 1.10. The Morgan fingerprint density at radius 2 is 2.28 bits per heavy atom. The first-order valence-electron chi connectivity index (χ1n) is 7.81. The van der Waals surface area contributed by atoms with Gasteiger partial charge in [0.1, 0.15) is 5.82 Å². The number of carbonyl (C=O) groups is 1. The number of amides is 1. The molecule has 2 heterocycles. The lowest BCUT2D eigenvalue weighted by molar-refractivity contribution is -0.152. The number of carbonyl (C=O) groups excluding carboxylic acids is 1. The molecule has 0 bridgehead atoms. The number of aromatic nitrogens is 2. The van der Waals surface area contributed by atoms with Gasteiger partial charge in [0, 0.05) is 36.2 Å². The van der Waals surface area contributed by atoms with E-state index in [1.54, 1.807) is 19.2 Å². The number of ether oxygens (including phenoxy) is 1. The smallest absolute Gasteiger partial charge is 0.422 e. The van der Waals surface area contributed by atoms with Gasteiger partial charge in [-0.15, -0.1) is 11.3 Å². The van der Waals surface area contributed by atoms with Crippen LogP contribution in [0.15, 0.2) is 24.5 Å². The number of nitrogens with zero attached hydrogens (tertiary/aromatic N) is 2. The van der Waals surface area contributed by atoms with Crippen LogP contribution in [0.3, 0.4) is 0 Å². The summed E-state index contributed by atoms with van der Waals surface area (Å²) in [4.78, 5) is 17.4. The van der Waals surface area contributed by atoms with Crippen LogP contribution >= 0.6 is 11.3 Å². The van der Waals surface area contributed by atoms with Gasteiger partial charge in [-0.2, -0.15) is 13.2 Å². The number of aryl methyl sites for hydroxylation is 1. The Bertz CT molecular complexity index is 756. The van der Waals surface area contributed by atoms with E-state index in [9.17, 15) is 18.0 Å². The highest BCUT2D eigenvalue weighted by atomic mass is 32.1.